The van der Waals surface area contributed by atoms with E-state index in [0.717, 1.165) is 12.1 Å². The lowest BCUT2D eigenvalue weighted by Crippen LogP contribution is -2.33. The fourth-order valence-corrected chi connectivity index (χ4v) is 1.78. The first-order valence-electron chi connectivity index (χ1n) is 4.86. The van der Waals surface area contributed by atoms with Crippen LogP contribution >= 0.6 is 0 Å². The molecular formula is C10H9F3O4. The van der Waals surface area contributed by atoms with E-state index in [1.54, 1.807) is 0 Å². The average molecular weight is 250 g/mol. The summed E-state index contributed by atoms with van der Waals surface area (Å²) in [6.45, 7) is 0. The van der Waals surface area contributed by atoms with Gasteiger partial charge in [-0.05, 0) is 25.0 Å². The molecule has 94 valence electrons. The Bertz CT molecular complexity index is 445. The van der Waals surface area contributed by atoms with E-state index in [1.807, 2.05) is 0 Å². The molecule has 0 aromatic carbocycles. The maximum Gasteiger partial charge on any atom is 0.449 e. The normalized spacial score (nSPS) is 20.0. The molecule has 0 saturated heterocycles. The second-order valence-corrected chi connectivity index (χ2v) is 4.06. The molecule has 2 rings (SSSR count). The molecule has 0 spiro atoms. The second kappa shape index (κ2) is 3.49. The van der Waals surface area contributed by atoms with Crippen LogP contribution < -0.4 is 0 Å². The number of aliphatic hydroxyl groups excluding tert-OH is 1. The van der Waals surface area contributed by atoms with Gasteiger partial charge in [-0.2, -0.15) is 13.2 Å². The van der Waals surface area contributed by atoms with Gasteiger partial charge in [0.15, 0.2) is 6.10 Å². The molecule has 0 aliphatic heterocycles. The molecule has 17 heavy (non-hydrogen) atoms. The monoisotopic (exact) mass is 250 g/mol. The molecule has 1 atom stereocenters. The number of hydrogen-bond acceptors (Lipinski definition) is 3. The molecule has 4 nitrogen and oxygen atoms in total. The van der Waals surface area contributed by atoms with Gasteiger partial charge in [-0.25, -0.2) is 4.79 Å². The van der Waals surface area contributed by atoms with Gasteiger partial charge < -0.3 is 14.6 Å². The van der Waals surface area contributed by atoms with Crippen molar-refractivity contribution in [1.82, 2.24) is 0 Å². The van der Waals surface area contributed by atoms with Crippen molar-refractivity contribution in [2.75, 3.05) is 0 Å². The topological polar surface area (TPSA) is 70.7 Å². The Morgan fingerprint density at radius 2 is 2.00 bits per heavy atom. The van der Waals surface area contributed by atoms with Crippen LogP contribution in [0.5, 0.6) is 0 Å². The van der Waals surface area contributed by atoms with Crippen LogP contribution in [-0.4, -0.2) is 22.3 Å². The minimum absolute atomic E-state index is 0.125. The van der Waals surface area contributed by atoms with Crippen LogP contribution in [0.2, 0.25) is 0 Å². The predicted molar refractivity (Wildman–Crippen MR) is 48.3 cm³/mol. The van der Waals surface area contributed by atoms with Gasteiger partial charge in [-0.15, -0.1) is 0 Å². The van der Waals surface area contributed by atoms with Gasteiger partial charge in [0.25, 0.3) is 0 Å². The van der Waals surface area contributed by atoms with Crippen LogP contribution in [0.4, 0.5) is 13.2 Å². The highest BCUT2D eigenvalue weighted by molar-refractivity contribution is 5.75. The van der Waals surface area contributed by atoms with Crippen molar-refractivity contribution < 1.29 is 32.6 Å². The SMILES string of the molecule is O=C(O)C(O)C1(c2ccc(C(F)(F)F)o2)CC1. The van der Waals surface area contributed by atoms with E-state index in [4.69, 9.17) is 5.11 Å². The van der Waals surface area contributed by atoms with Gasteiger partial charge >= 0.3 is 12.1 Å². The first-order valence-corrected chi connectivity index (χ1v) is 4.86. The largest absolute Gasteiger partial charge is 0.479 e. The molecule has 1 aromatic heterocycles. The van der Waals surface area contributed by atoms with Gasteiger partial charge in [0.2, 0.25) is 5.76 Å². The van der Waals surface area contributed by atoms with Gasteiger partial charge in [0, 0.05) is 0 Å². The minimum Gasteiger partial charge on any atom is -0.479 e. The molecule has 1 unspecified atom stereocenters. The summed E-state index contributed by atoms with van der Waals surface area (Å²) in [5, 5.41) is 18.1. The highest BCUT2D eigenvalue weighted by Crippen LogP contribution is 2.52. The number of furan rings is 1. The molecular weight excluding hydrogens is 241 g/mol. The lowest BCUT2D eigenvalue weighted by molar-refractivity contribution is -0.154. The summed E-state index contributed by atoms with van der Waals surface area (Å²) in [5.41, 5.74) is -1.20. The van der Waals surface area contributed by atoms with E-state index in [9.17, 15) is 23.1 Å². The Kier molecular flexibility index (Phi) is 2.46. The summed E-state index contributed by atoms with van der Waals surface area (Å²) in [5.74, 6) is -2.77. The number of halogens is 3. The highest BCUT2D eigenvalue weighted by Gasteiger charge is 2.56. The van der Waals surface area contributed by atoms with Crippen molar-refractivity contribution in [3.8, 4) is 0 Å². The van der Waals surface area contributed by atoms with Crippen molar-refractivity contribution in [2.24, 2.45) is 0 Å². The van der Waals surface area contributed by atoms with E-state index in [1.165, 1.54) is 0 Å². The zero-order valence-electron chi connectivity index (χ0n) is 8.49. The molecule has 1 aliphatic rings. The fourth-order valence-electron chi connectivity index (χ4n) is 1.78. The van der Waals surface area contributed by atoms with Crippen LogP contribution in [0.25, 0.3) is 0 Å². The van der Waals surface area contributed by atoms with Gasteiger partial charge in [-0.3, -0.25) is 0 Å². The Morgan fingerprint density at radius 1 is 1.41 bits per heavy atom. The van der Waals surface area contributed by atoms with Gasteiger partial charge in [0.1, 0.15) is 5.76 Å². The minimum atomic E-state index is -4.61. The quantitative estimate of drug-likeness (QED) is 0.857. The van der Waals surface area contributed by atoms with Crippen molar-refractivity contribution in [1.29, 1.82) is 0 Å². The number of carbonyl (C=O) groups is 1. The number of aliphatic carboxylic acids is 1. The number of alkyl halides is 3. The predicted octanol–water partition coefficient (Wildman–Crippen LogP) is 1.78. The van der Waals surface area contributed by atoms with E-state index in [2.05, 4.69) is 4.42 Å². The summed E-state index contributed by atoms with van der Waals surface area (Å²) < 4.78 is 41.5. The van der Waals surface area contributed by atoms with Crippen LogP contribution in [0, 0.1) is 0 Å². The zero-order valence-corrected chi connectivity index (χ0v) is 8.49. The molecule has 1 saturated carbocycles. The fraction of sp³-hybridized carbons (Fsp3) is 0.500. The first kappa shape index (κ1) is 12.0. The van der Waals surface area contributed by atoms with E-state index in [0.29, 0.717) is 12.8 Å². The van der Waals surface area contributed by atoms with Gasteiger partial charge in [0.05, 0.1) is 5.41 Å². The molecule has 1 aromatic rings. The molecule has 1 fully saturated rings. The molecule has 0 amide bonds. The Morgan fingerprint density at radius 3 is 2.35 bits per heavy atom. The third-order valence-corrected chi connectivity index (χ3v) is 2.92. The maximum absolute atomic E-state index is 12.3. The van der Waals surface area contributed by atoms with E-state index >= 15 is 0 Å². The lowest BCUT2D eigenvalue weighted by Gasteiger charge is -2.15. The standard InChI is InChI=1S/C10H9F3O4/c11-10(12,13)6-2-1-5(17-6)9(3-4-9)7(14)8(15)16/h1-2,7,14H,3-4H2,(H,15,16). The van der Waals surface area contributed by atoms with Crippen LogP contribution in [0.1, 0.15) is 24.4 Å². The Labute approximate surface area is 93.7 Å². The number of aliphatic hydroxyl groups is 1. The first-order chi connectivity index (χ1) is 7.77. The third kappa shape index (κ3) is 1.90. The summed E-state index contributed by atoms with van der Waals surface area (Å²) in [4.78, 5) is 10.6. The number of rotatable bonds is 3. The maximum atomic E-state index is 12.3. The number of carboxylic acid groups (broad SMARTS) is 1. The van der Waals surface area contributed by atoms with E-state index < -0.39 is 29.4 Å². The highest BCUT2D eigenvalue weighted by atomic mass is 19.4. The number of hydrogen-bond donors (Lipinski definition) is 2. The Balaban J connectivity index is 2.30. The second-order valence-electron chi connectivity index (χ2n) is 4.06. The molecule has 0 bridgehead atoms. The molecule has 1 heterocycles. The zero-order chi connectivity index (χ0) is 12.8. The molecule has 7 heteroatoms. The van der Waals surface area contributed by atoms with Crippen LogP contribution in [-0.2, 0) is 16.4 Å². The molecule has 0 radical (unpaired) electrons. The Hall–Kier alpha value is -1.50. The summed E-state index contributed by atoms with van der Waals surface area (Å²) in [6.07, 6.45) is -5.76. The van der Waals surface area contributed by atoms with Gasteiger partial charge in [-0.1, -0.05) is 0 Å². The van der Waals surface area contributed by atoms with Crippen molar-refractivity contribution in [3.05, 3.63) is 23.7 Å². The van der Waals surface area contributed by atoms with E-state index in [-0.39, 0.29) is 5.76 Å². The van der Waals surface area contributed by atoms with Crippen LogP contribution in [0.15, 0.2) is 16.5 Å². The van der Waals surface area contributed by atoms with Crippen molar-refractivity contribution >= 4 is 5.97 Å². The summed E-state index contributed by atoms with van der Waals surface area (Å²) >= 11 is 0. The number of carboxylic acids is 1. The summed E-state index contributed by atoms with van der Waals surface area (Å²) in [6, 6.07) is 1.81. The molecule has 1 aliphatic carbocycles. The molecule has 2 N–H and O–H groups in total. The smallest absolute Gasteiger partial charge is 0.449 e. The lowest BCUT2D eigenvalue weighted by atomic mass is 9.96. The van der Waals surface area contributed by atoms with Crippen molar-refractivity contribution in [2.45, 2.75) is 30.5 Å². The average Bonchev–Trinajstić information content (AvgIpc) is 2.85. The van der Waals surface area contributed by atoms with Crippen LogP contribution in [0.3, 0.4) is 0 Å². The summed E-state index contributed by atoms with van der Waals surface area (Å²) in [7, 11) is 0. The third-order valence-electron chi connectivity index (χ3n) is 2.92. The van der Waals surface area contributed by atoms with Crippen molar-refractivity contribution in [3.63, 3.8) is 0 Å².